The van der Waals surface area contributed by atoms with Gasteiger partial charge in [0, 0.05) is 49.2 Å². The van der Waals surface area contributed by atoms with Crippen LogP contribution in [0.4, 0.5) is 0 Å². The molecule has 3 aromatic rings. The second kappa shape index (κ2) is 7.31. The Labute approximate surface area is 151 Å². The van der Waals surface area contributed by atoms with Crippen molar-refractivity contribution in [3.05, 3.63) is 42.5 Å². The van der Waals surface area contributed by atoms with Crippen LogP contribution in [0, 0.1) is 0 Å². The van der Waals surface area contributed by atoms with E-state index in [9.17, 15) is 4.79 Å². The molecule has 26 heavy (non-hydrogen) atoms. The second-order valence-corrected chi connectivity index (χ2v) is 6.57. The first-order valence-electron chi connectivity index (χ1n) is 8.74. The summed E-state index contributed by atoms with van der Waals surface area (Å²) in [4.78, 5) is 23.6. The summed E-state index contributed by atoms with van der Waals surface area (Å²) in [6, 6.07) is 5.87. The fourth-order valence-corrected chi connectivity index (χ4v) is 3.14. The molecule has 0 N–H and O–H groups in total. The number of hydrogen-bond acceptors (Lipinski definition) is 6. The van der Waals surface area contributed by atoms with Gasteiger partial charge in [0.15, 0.2) is 5.78 Å². The molecule has 0 spiro atoms. The van der Waals surface area contributed by atoms with Gasteiger partial charge in [-0.2, -0.15) is 5.10 Å². The average Bonchev–Trinajstić information content (AvgIpc) is 3.08. The van der Waals surface area contributed by atoms with E-state index < -0.39 is 0 Å². The molecule has 0 bridgehead atoms. The Morgan fingerprint density at radius 2 is 2.08 bits per heavy atom. The summed E-state index contributed by atoms with van der Waals surface area (Å²) in [7, 11) is 1.88. The first-order valence-corrected chi connectivity index (χ1v) is 8.74. The fraction of sp³-hybridized carbons (Fsp3) is 0.368. The third kappa shape index (κ3) is 3.79. The minimum atomic E-state index is 0.169. The number of rotatable bonds is 5. The maximum atomic E-state index is 12.4. The molecule has 0 aromatic carbocycles. The molecule has 134 valence electrons. The largest absolute Gasteiger partial charge is 0.379 e. The molecule has 0 radical (unpaired) electrons. The van der Waals surface area contributed by atoms with E-state index in [0.29, 0.717) is 26.2 Å². The molecule has 7 heteroatoms. The molecular weight excluding hydrogens is 330 g/mol. The molecule has 1 aliphatic rings. The van der Waals surface area contributed by atoms with E-state index in [1.165, 1.54) is 0 Å². The van der Waals surface area contributed by atoms with Gasteiger partial charge in [0.05, 0.1) is 43.6 Å². The predicted molar refractivity (Wildman–Crippen MR) is 97.7 cm³/mol. The molecule has 7 nitrogen and oxygen atoms in total. The van der Waals surface area contributed by atoms with E-state index in [-0.39, 0.29) is 5.78 Å². The van der Waals surface area contributed by atoms with Crippen LogP contribution < -0.4 is 0 Å². The number of hydrogen-bond donors (Lipinski definition) is 0. The molecule has 0 unspecified atom stereocenters. The highest BCUT2D eigenvalue weighted by Gasteiger charge is 2.15. The van der Waals surface area contributed by atoms with E-state index in [1.54, 1.807) is 17.1 Å². The second-order valence-electron chi connectivity index (χ2n) is 6.57. The lowest BCUT2D eigenvalue weighted by atomic mass is 10.1. The molecule has 0 aliphatic carbocycles. The monoisotopic (exact) mass is 351 g/mol. The number of nitrogens with zero attached hydrogens (tertiary/aromatic N) is 5. The Morgan fingerprint density at radius 1 is 1.23 bits per heavy atom. The number of aryl methyl sites for hydroxylation is 1. The van der Waals surface area contributed by atoms with Gasteiger partial charge >= 0.3 is 0 Å². The number of fused-ring (bicyclic) bond motifs is 1. The molecule has 0 amide bonds. The Hall–Kier alpha value is -2.64. The first-order chi connectivity index (χ1) is 12.7. The van der Waals surface area contributed by atoms with Crippen molar-refractivity contribution in [3.8, 4) is 11.3 Å². The van der Waals surface area contributed by atoms with Crippen LogP contribution in [0.2, 0.25) is 0 Å². The highest BCUT2D eigenvalue weighted by molar-refractivity contribution is 5.85. The summed E-state index contributed by atoms with van der Waals surface area (Å²) in [6.45, 7) is 3.47. The lowest BCUT2D eigenvalue weighted by Gasteiger charge is -2.25. The SMILES string of the molecule is Cn1cc(-c2ccc3cnc(CC(=O)CN4CCOCC4)cc3n2)cn1. The van der Waals surface area contributed by atoms with Gasteiger partial charge in [-0.1, -0.05) is 0 Å². The summed E-state index contributed by atoms with van der Waals surface area (Å²) in [6.07, 6.45) is 5.84. The smallest absolute Gasteiger partial charge is 0.152 e. The number of carbonyl (C=O) groups is 1. The van der Waals surface area contributed by atoms with Crippen molar-refractivity contribution in [1.29, 1.82) is 0 Å². The van der Waals surface area contributed by atoms with E-state index in [2.05, 4.69) is 15.0 Å². The van der Waals surface area contributed by atoms with E-state index in [1.807, 2.05) is 31.4 Å². The van der Waals surface area contributed by atoms with Crippen LogP contribution >= 0.6 is 0 Å². The van der Waals surface area contributed by atoms with Gasteiger partial charge in [0.1, 0.15) is 0 Å². The van der Waals surface area contributed by atoms with E-state index in [0.717, 1.165) is 40.9 Å². The Kier molecular flexibility index (Phi) is 4.73. The van der Waals surface area contributed by atoms with E-state index >= 15 is 0 Å². The van der Waals surface area contributed by atoms with Crippen LogP contribution in [0.25, 0.3) is 22.2 Å². The van der Waals surface area contributed by atoms with Gasteiger partial charge in [-0.05, 0) is 18.2 Å². The third-order valence-corrected chi connectivity index (χ3v) is 4.51. The predicted octanol–water partition coefficient (Wildman–Crippen LogP) is 1.47. The van der Waals surface area contributed by atoms with Crippen molar-refractivity contribution in [2.24, 2.45) is 7.05 Å². The molecule has 0 saturated carbocycles. The first kappa shape index (κ1) is 16.8. The van der Waals surface area contributed by atoms with Crippen LogP contribution in [0.15, 0.2) is 36.8 Å². The average molecular weight is 351 g/mol. The molecule has 0 atom stereocenters. The van der Waals surface area contributed by atoms with Crippen LogP contribution in [-0.2, 0) is 23.0 Å². The minimum absolute atomic E-state index is 0.169. The zero-order valence-corrected chi connectivity index (χ0v) is 14.8. The quantitative estimate of drug-likeness (QED) is 0.693. The lowest BCUT2D eigenvalue weighted by molar-refractivity contribution is -0.120. The highest BCUT2D eigenvalue weighted by Crippen LogP contribution is 2.20. The molecule has 3 aromatic heterocycles. The van der Waals surface area contributed by atoms with Crippen molar-refractivity contribution in [2.75, 3.05) is 32.8 Å². The van der Waals surface area contributed by atoms with Crippen molar-refractivity contribution >= 4 is 16.7 Å². The Bertz CT molecular complexity index is 931. The zero-order chi connectivity index (χ0) is 17.9. The molecule has 1 saturated heterocycles. The number of Topliss-reactive ketones (excluding diaryl/α,β-unsaturated/α-hetero) is 1. The van der Waals surface area contributed by atoms with Gasteiger partial charge in [0.25, 0.3) is 0 Å². The molecule has 1 fully saturated rings. The van der Waals surface area contributed by atoms with Gasteiger partial charge in [-0.15, -0.1) is 0 Å². The van der Waals surface area contributed by atoms with Crippen molar-refractivity contribution in [1.82, 2.24) is 24.6 Å². The third-order valence-electron chi connectivity index (χ3n) is 4.51. The van der Waals surface area contributed by atoms with Crippen molar-refractivity contribution in [3.63, 3.8) is 0 Å². The summed E-state index contributed by atoms with van der Waals surface area (Å²) >= 11 is 0. The molecule has 4 heterocycles. The number of aromatic nitrogens is 4. The number of ketones is 1. The maximum Gasteiger partial charge on any atom is 0.152 e. The number of carbonyl (C=O) groups excluding carboxylic acids is 1. The van der Waals surface area contributed by atoms with Crippen molar-refractivity contribution in [2.45, 2.75) is 6.42 Å². The van der Waals surface area contributed by atoms with Crippen LogP contribution in [-0.4, -0.2) is 63.3 Å². The number of ether oxygens (including phenoxy) is 1. The summed E-state index contributed by atoms with van der Waals surface area (Å²) in [5, 5.41) is 5.15. The summed E-state index contributed by atoms with van der Waals surface area (Å²) < 4.78 is 7.07. The number of morpholine rings is 1. The maximum absolute atomic E-state index is 12.4. The fourth-order valence-electron chi connectivity index (χ4n) is 3.14. The lowest BCUT2D eigenvalue weighted by Crippen LogP contribution is -2.39. The Balaban J connectivity index is 1.51. The van der Waals surface area contributed by atoms with Crippen molar-refractivity contribution < 1.29 is 9.53 Å². The molecule has 1 aliphatic heterocycles. The molecular formula is C19H21N5O2. The van der Waals surface area contributed by atoms with Crippen LogP contribution in [0.1, 0.15) is 5.69 Å². The van der Waals surface area contributed by atoms with Crippen LogP contribution in [0.3, 0.4) is 0 Å². The topological polar surface area (TPSA) is 73.1 Å². The van der Waals surface area contributed by atoms with E-state index in [4.69, 9.17) is 9.72 Å². The summed E-state index contributed by atoms with van der Waals surface area (Å²) in [5.74, 6) is 0.169. The summed E-state index contributed by atoms with van der Waals surface area (Å²) in [5.41, 5.74) is 3.43. The van der Waals surface area contributed by atoms with Gasteiger partial charge in [-0.25, -0.2) is 4.98 Å². The zero-order valence-electron chi connectivity index (χ0n) is 14.8. The number of pyridine rings is 2. The standard InChI is InChI=1S/C19H21N5O2/c1-23-12-15(11-21-23)18-3-2-14-10-20-16(9-19(14)22-18)8-17(25)13-24-4-6-26-7-5-24/h2-3,9-12H,4-8,13H2,1H3. The van der Waals surface area contributed by atoms with Crippen LogP contribution in [0.5, 0.6) is 0 Å². The highest BCUT2D eigenvalue weighted by atomic mass is 16.5. The van der Waals surface area contributed by atoms with Gasteiger partial charge in [0.2, 0.25) is 0 Å². The van der Waals surface area contributed by atoms with Gasteiger partial charge in [-0.3, -0.25) is 19.4 Å². The molecule has 4 rings (SSSR count). The Morgan fingerprint density at radius 3 is 2.85 bits per heavy atom. The normalized spacial score (nSPS) is 15.4. The minimum Gasteiger partial charge on any atom is -0.379 e. The van der Waals surface area contributed by atoms with Gasteiger partial charge < -0.3 is 4.74 Å².